The van der Waals surface area contributed by atoms with Gasteiger partial charge >= 0.3 is 0 Å². The van der Waals surface area contributed by atoms with Crippen LogP contribution in [-0.4, -0.2) is 15.0 Å². The summed E-state index contributed by atoms with van der Waals surface area (Å²) in [5.41, 5.74) is 14.8. The maximum absolute atomic E-state index is 6.69. The van der Waals surface area contributed by atoms with Crippen molar-refractivity contribution in [3.8, 4) is 78.7 Å². The van der Waals surface area contributed by atoms with E-state index in [2.05, 4.69) is 170 Å². The summed E-state index contributed by atoms with van der Waals surface area (Å²) >= 11 is 0. The zero-order valence-electron chi connectivity index (χ0n) is 33.4. The van der Waals surface area contributed by atoms with Gasteiger partial charge < -0.3 is 8.83 Å². The first kappa shape index (κ1) is 35.5. The van der Waals surface area contributed by atoms with Crippen molar-refractivity contribution in [3.63, 3.8) is 0 Å². The zero-order chi connectivity index (χ0) is 41.0. The van der Waals surface area contributed by atoms with Crippen LogP contribution < -0.4 is 0 Å². The van der Waals surface area contributed by atoms with Crippen molar-refractivity contribution in [2.45, 2.75) is 0 Å². The van der Waals surface area contributed by atoms with Gasteiger partial charge in [0, 0.05) is 43.8 Å². The van der Waals surface area contributed by atoms with Crippen LogP contribution in [-0.2, 0) is 0 Å². The molecule has 0 radical (unpaired) electrons. The van der Waals surface area contributed by atoms with Gasteiger partial charge in [-0.3, -0.25) is 0 Å². The van der Waals surface area contributed by atoms with Crippen LogP contribution in [0, 0.1) is 0 Å². The van der Waals surface area contributed by atoms with Gasteiger partial charge in [-0.2, -0.15) is 0 Å². The maximum atomic E-state index is 6.69. The molecule has 12 aromatic rings. The molecule has 0 saturated heterocycles. The van der Waals surface area contributed by atoms with Gasteiger partial charge in [-0.25, -0.2) is 15.0 Å². The molecule has 0 atom stereocenters. The van der Waals surface area contributed by atoms with Gasteiger partial charge in [-0.1, -0.05) is 170 Å². The smallest absolute Gasteiger partial charge is 0.164 e. The summed E-state index contributed by atoms with van der Waals surface area (Å²) in [6, 6.07) is 73.3. The first-order chi connectivity index (χ1) is 30.7. The third-order valence-corrected chi connectivity index (χ3v) is 11.8. The molecule has 3 heterocycles. The first-order valence-electron chi connectivity index (χ1n) is 20.7. The van der Waals surface area contributed by atoms with Crippen molar-refractivity contribution in [2.24, 2.45) is 0 Å². The molecule has 0 aliphatic carbocycles. The molecule has 62 heavy (non-hydrogen) atoms. The van der Waals surface area contributed by atoms with Crippen molar-refractivity contribution in [2.75, 3.05) is 0 Å². The molecule has 0 amide bonds. The number of benzene rings is 9. The number of hydrogen-bond acceptors (Lipinski definition) is 5. The molecule has 0 N–H and O–H groups in total. The third-order valence-electron chi connectivity index (χ3n) is 11.8. The van der Waals surface area contributed by atoms with Crippen molar-refractivity contribution < 1.29 is 8.83 Å². The Bertz CT molecular complexity index is 3530. The van der Waals surface area contributed by atoms with Gasteiger partial charge in [0.1, 0.15) is 22.3 Å². The largest absolute Gasteiger partial charge is 0.456 e. The number of furan rings is 2. The van der Waals surface area contributed by atoms with E-state index >= 15 is 0 Å². The quantitative estimate of drug-likeness (QED) is 0.161. The molecule has 9 aromatic carbocycles. The van der Waals surface area contributed by atoms with Crippen molar-refractivity contribution in [1.29, 1.82) is 0 Å². The Morgan fingerprint density at radius 2 is 0.726 bits per heavy atom. The van der Waals surface area contributed by atoms with Crippen molar-refractivity contribution >= 4 is 43.9 Å². The van der Waals surface area contributed by atoms with Gasteiger partial charge in [0.15, 0.2) is 17.5 Å². The van der Waals surface area contributed by atoms with Gasteiger partial charge in [0.05, 0.1) is 0 Å². The lowest BCUT2D eigenvalue weighted by atomic mass is 9.94. The zero-order valence-corrected chi connectivity index (χ0v) is 33.4. The van der Waals surface area contributed by atoms with E-state index in [0.29, 0.717) is 17.5 Å². The molecule has 5 nitrogen and oxygen atoms in total. The Hall–Kier alpha value is -8.41. The van der Waals surface area contributed by atoms with Crippen LogP contribution in [0.2, 0.25) is 0 Å². The van der Waals surface area contributed by atoms with E-state index in [1.54, 1.807) is 0 Å². The molecule has 0 fully saturated rings. The van der Waals surface area contributed by atoms with Crippen LogP contribution >= 0.6 is 0 Å². The number of hydrogen-bond donors (Lipinski definition) is 0. The Morgan fingerprint density at radius 1 is 0.258 bits per heavy atom. The van der Waals surface area contributed by atoms with Gasteiger partial charge in [-0.05, 0) is 81.4 Å². The van der Waals surface area contributed by atoms with E-state index in [0.717, 1.165) is 105 Å². The van der Waals surface area contributed by atoms with E-state index in [4.69, 9.17) is 23.8 Å². The average Bonchev–Trinajstić information content (AvgIpc) is 3.93. The van der Waals surface area contributed by atoms with Crippen molar-refractivity contribution in [1.82, 2.24) is 15.0 Å². The summed E-state index contributed by atoms with van der Waals surface area (Å²) < 4.78 is 13.0. The molecule has 290 valence electrons. The van der Waals surface area contributed by atoms with Gasteiger partial charge in [0.2, 0.25) is 0 Å². The highest BCUT2D eigenvalue weighted by Crippen LogP contribution is 2.43. The molecule has 0 bridgehead atoms. The summed E-state index contributed by atoms with van der Waals surface area (Å²) in [7, 11) is 0. The van der Waals surface area contributed by atoms with Gasteiger partial charge in [-0.15, -0.1) is 0 Å². The fraction of sp³-hybridized carbons (Fsp3) is 0. The molecule has 3 aromatic heterocycles. The summed E-state index contributed by atoms with van der Waals surface area (Å²) in [5.74, 6) is 1.82. The minimum absolute atomic E-state index is 0.599. The molecule has 0 aliphatic heterocycles. The predicted octanol–water partition coefficient (Wildman–Crippen LogP) is 15.3. The third kappa shape index (κ3) is 6.23. The Kier molecular flexibility index (Phi) is 8.42. The van der Waals surface area contributed by atoms with Crippen LogP contribution in [0.1, 0.15) is 0 Å². The predicted molar refractivity (Wildman–Crippen MR) is 252 cm³/mol. The van der Waals surface area contributed by atoms with Crippen LogP contribution in [0.25, 0.3) is 123 Å². The molecule has 0 spiro atoms. The van der Waals surface area contributed by atoms with E-state index in [1.165, 1.54) is 0 Å². The molecule has 0 aliphatic rings. The number of aromatic nitrogens is 3. The van der Waals surface area contributed by atoms with Crippen LogP contribution in [0.3, 0.4) is 0 Å². The number of rotatable bonds is 7. The average molecular weight is 794 g/mol. The maximum Gasteiger partial charge on any atom is 0.164 e. The molecule has 0 unspecified atom stereocenters. The first-order valence-corrected chi connectivity index (χ1v) is 20.7. The lowest BCUT2D eigenvalue weighted by Gasteiger charge is -2.12. The monoisotopic (exact) mass is 793 g/mol. The number of nitrogens with zero attached hydrogens (tertiary/aromatic N) is 3. The Morgan fingerprint density at radius 3 is 1.37 bits per heavy atom. The molecule has 12 rings (SSSR count). The SMILES string of the molecule is c1ccc(-c2cccc(-c3nc(-c4ccc(-c5ccc(-c6ccc7c(c6)oc6ccccc67)c6oc7ccccc7c56)cc4)nc(-c4cccc(-c5ccccc5)c4)n3)c2)cc1. The molecular weight excluding hydrogens is 759 g/mol. The minimum atomic E-state index is 0.599. The van der Waals surface area contributed by atoms with Crippen LogP contribution in [0.15, 0.2) is 221 Å². The normalized spacial score (nSPS) is 11.5. The van der Waals surface area contributed by atoms with E-state index < -0.39 is 0 Å². The molecular formula is C57H35N3O2. The lowest BCUT2D eigenvalue weighted by molar-refractivity contribution is 0.668. The van der Waals surface area contributed by atoms with E-state index in [-0.39, 0.29) is 0 Å². The summed E-state index contributed by atoms with van der Waals surface area (Å²) in [5, 5.41) is 4.34. The van der Waals surface area contributed by atoms with Crippen LogP contribution in [0.5, 0.6) is 0 Å². The van der Waals surface area contributed by atoms with E-state index in [9.17, 15) is 0 Å². The fourth-order valence-corrected chi connectivity index (χ4v) is 8.69. The highest BCUT2D eigenvalue weighted by Gasteiger charge is 2.19. The molecule has 0 saturated carbocycles. The summed E-state index contributed by atoms with van der Waals surface area (Å²) in [6.45, 7) is 0. The Balaban J connectivity index is 0.969. The van der Waals surface area contributed by atoms with Crippen molar-refractivity contribution in [3.05, 3.63) is 212 Å². The lowest BCUT2D eigenvalue weighted by Crippen LogP contribution is -2.00. The Labute approximate surface area is 357 Å². The number of para-hydroxylation sites is 2. The summed E-state index contributed by atoms with van der Waals surface area (Å²) in [4.78, 5) is 15.4. The number of fused-ring (bicyclic) bond motifs is 6. The topological polar surface area (TPSA) is 65.0 Å². The van der Waals surface area contributed by atoms with Gasteiger partial charge in [0.25, 0.3) is 0 Å². The summed E-state index contributed by atoms with van der Waals surface area (Å²) in [6.07, 6.45) is 0. The second-order valence-electron chi connectivity index (χ2n) is 15.5. The second-order valence-corrected chi connectivity index (χ2v) is 15.5. The minimum Gasteiger partial charge on any atom is -0.456 e. The second kappa shape index (κ2) is 14.7. The highest BCUT2D eigenvalue weighted by atomic mass is 16.3. The molecule has 5 heteroatoms. The van der Waals surface area contributed by atoms with Crippen LogP contribution in [0.4, 0.5) is 0 Å². The standard InChI is InChI=1S/C57H35N3O2/c1-3-13-36(14-4-1)40-17-11-19-43(33-40)56-58-55(59-57(60-56)44-20-12-18-41(34-44)37-15-5-2-6-16-37)39-27-25-38(26-28-39)45-31-32-46(54-53(45)49-22-8-10-24-51(49)62-54)42-29-30-48-47-21-7-9-23-50(47)61-52(48)35-42/h1-35H. The van der Waals surface area contributed by atoms with E-state index in [1.807, 2.05) is 42.5 Å². The fourth-order valence-electron chi connectivity index (χ4n) is 8.69. The highest BCUT2D eigenvalue weighted by molar-refractivity contribution is 6.17.